The summed E-state index contributed by atoms with van der Waals surface area (Å²) in [6.45, 7) is 10.2. The van der Waals surface area contributed by atoms with Gasteiger partial charge in [-0.25, -0.2) is 4.99 Å². The van der Waals surface area contributed by atoms with Gasteiger partial charge in [0.05, 0.1) is 6.54 Å². The van der Waals surface area contributed by atoms with E-state index in [-0.39, 0.29) is 29.9 Å². The highest BCUT2D eigenvalue weighted by Gasteiger charge is 2.30. The van der Waals surface area contributed by atoms with E-state index >= 15 is 0 Å². The molecule has 1 amide bonds. The highest BCUT2D eigenvalue weighted by molar-refractivity contribution is 14.0. The molecule has 1 saturated heterocycles. The van der Waals surface area contributed by atoms with Crippen LogP contribution in [0.2, 0.25) is 0 Å². The minimum Gasteiger partial charge on any atom is -0.357 e. The van der Waals surface area contributed by atoms with E-state index in [1.807, 2.05) is 24.3 Å². The molecule has 24 heavy (non-hydrogen) atoms. The molecule has 1 aromatic carbocycles. The fraction of sp³-hybridized carbons (Fsp3) is 0.556. The van der Waals surface area contributed by atoms with Crippen molar-refractivity contribution in [1.29, 1.82) is 0 Å². The number of hydrogen-bond donors (Lipinski definition) is 2. The number of halogens is 1. The number of nitrogens with one attached hydrogen (secondary N) is 2. The van der Waals surface area contributed by atoms with Crippen molar-refractivity contribution in [1.82, 2.24) is 15.5 Å². The number of hydrogen-bond acceptors (Lipinski definition) is 2. The molecule has 1 aliphatic rings. The summed E-state index contributed by atoms with van der Waals surface area (Å²) in [5.41, 5.74) is 2.06. The van der Waals surface area contributed by atoms with Crippen molar-refractivity contribution in [3.63, 3.8) is 0 Å². The van der Waals surface area contributed by atoms with Crippen LogP contribution in [0.15, 0.2) is 29.3 Å². The van der Waals surface area contributed by atoms with E-state index in [1.165, 1.54) is 6.42 Å². The monoisotopic (exact) mass is 444 g/mol. The zero-order valence-electron chi connectivity index (χ0n) is 15.1. The molecule has 0 atom stereocenters. The van der Waals surface area contributed by atoms with Crippen LogP contribution in [0, 0.1) is 5.41 Å². The maximum absolute atomic E-state index is 11.7. The first-order valence-electron chi connectivity index (χ1n) is 8.29. The van der Waals surface area contributed by atoms with Crippen molar-refractivity contribution in [3.8, 4) is 0 Å². The van der Waals surface area contributed by atoms with E-state index in [4.69, 9.17) is 4.99 Å². The number of carbonyl (C=O) groups excluding carboxylic acids is 1. The van der Waals surface area contributed by atoms with E-state index in [0.717, 1.165) is 31.2 Å². The van der Waals surface area contributed by atoms with E-state index in [1.54, 1.807) is 7.05 Å². The second-order valence-corrected chi connectivity index (χ2v) is 6.79. The van der Waals surface area contributed by atoms with Crippen molar-refractivity contribution in [2.45, 2.75) is 33.7 Å². The first-order chi connectivity index (χ1) is 10.9. The smallest absolute Gasteiger partial charge is 0.251 e. The van der Waals surface area contributed by atoms with E-state index in [0.29, 0.717) is 17.5 Å². The number of likely N-dealkylation sites (tertiary alicyclic amines) is 1. The Kier molecular flexibility index (Phi) is 7.99. The number of nitrogens with zero attached hydrogens (tertiary/aromatic N) is 2. The zero-order valence-corrected chi connectivity index (χ0v) is 17.4. The standard InChI is InChI=1S/C18H28N4O.HI/c1-5-20-17(22-10-9-18(2,3)13-22)21-12-14-7-6-8-15(11-14)16(23)19-4;/h6-8,11H,5,9-10,12-13H2,1-4H3,(H,19,23)(H,20,21);1H. The Labute approximate surface area is 162 Å². The quantitative estimate of drug-likeness (QED) is 0.427. The minimum absolute atomic E-state index is 0. The lowest BCUT2D eigenvalue weighted by atomic mass is 9.93. The number of carbonyl (C=O) groups is 1. The van der Waals surface area contributed by atoms with Gasteiger partial charge in [-0.3, -0.25) is 4.79 Å². The average Bonchev–Trinajstić information content (AvgIpc) is 2.90. The first-order valence-corrected chi connectivity index (χ1v) is 8.29. The zero-order chi connectivity index (χ0) is 16.9. The topological polar surface area (TPSA) is 56.7 Å². The largest absolute Gasteiger partial charge is 0.357 e. The Balaban J connectivity index is 0.00000288. The molecule has 5 nitrogen and oxygen atoms in total. The summed E-state index contributed by atoms with van der Waals surface area (Å²) >= 11 is 0. The molecule has 0 bridgehead atoms. The molecule has 2 N–H and O–H groups in total. The Morgan fingerprint density at radius 3 is 2.71 bits per heavy atom. The highest BCUT2D eigenvalue weighted by Crippen LogP contribution is 2.28. The van der Waals surface area contributed by atoms with Crippen molar-refractivity contribution in [3.05, 3.63) is 35.4 Å². The lowest BCUT2D eigenvalue weighted by Crippen LogP contribution is -2.40. The van der Waals surface area contributed by atoms with Gasteiger partial charge in [0.2, 0.25) is 0 Å². The molecule has 1 fully saturated rings. The predicted octanol–water partition coefficient (Wildman–Crippen LogP) is 2.86. The molecule has 1 aromatic rings. The van der Waals surface area contributed by atoms with Gasteiger partial charge in [0.15, 0.2) is 5.96 Å². The van der Waals surface area contributed by atoms with Gasteiger partial charge < -0.3 is 15.5 Å². The van der Waals surface area contributed by atoms with Gasteiger partial charge in [-0.15, -0.1) is 24.0 Å². The molecule has 0 aliphatic carbocycles. The Bertz CT molecular complexity index is 586. The molecular weight excluding hydrogens is 415 g/mol. The summed E-state index contributed by atoms with van der Waals surface area (Å²) in [5.74, 6) is 0.896. The summed E-state index contributed by atoms with van der Waals surface area (Å²) in [5, 5.41) is 6.03. The van der Waals surface area contributed by atoms with E-state index in [2.05, 4.69) is 36.3 Å². The average molecular weight is 444 g/mol. The van der Waals surface area contributed by atoms with Crippen molar-refractivity contribution in [2.75, 3.05) is 26.7 Å². The molecule has 0 radical (unpaired) electrons. The number of rotatable bonds is 4. The molecule has 0 spiro atoms. The Hall–Kier alpha value is -1.31. The summed E-state index contributed by atoms with van der Waals surface area (Å²) in [6, 6.07) is 7.63. The van der Waals surface area contributed by atoms with Crippen LogP contribution in [0.1, 0.15) is 43.1 Å². The van der Waals surface area contributed by atoms with E-state index in [9.17, 15) is 4.79 Å². The molecule has 0 aromatic heterocycles. The summed E-state index contributed by atoms with van der Waals surface area (Å²) in [4.78, 5) is 18.8. The first kappa shape index (κ1) is 20.7. The maximum Gasteiger partial charge on any atom is 0.251 e. The second-order valence-electron chi connectivity index (χ2n) is 6.79. The number of benzene rings is 1. The lowest BCUT2D eigenvalue weighted by Gasteiger charge is -2.23. The lowest BCUT2D eigenvalue weighted by molar-refractivity contribution is 0.0963. The normalized spacial score (nSPS) is 16.5. The summed E-state index contributed by atoms with van der Waals surface area (Å²) < 4.78 is 0. The fourth-order valence-corrected chi connectivity index (χ4v) is 2.84. The molecular formula is C18H29IN4O. The van der Waals surface area contributed by atoms with Gasteiger partial charge in [-0.05, 0) is 36.5 Å². The number of guanidine groups is 1. The van der Waals surface area contributed by atoms with Gasteiger partial charge in [-0.1, -0.05) is 26.0 Å². The third kappa shape index (κ3) is 5.65. The van der Waals surface area contributed by atoms with Crippen molar-refractivity contribution < 1.29 is 4.79 Å². The van der Waals surface area contributed by atoms with Crippen molar-refractivity contribution in [2.24, 2.45) is 10.4 Å². The van der Waals surface area contributed by atoms with Crippen LogP contribution in [-0.4, -0.2) is 43.4 Å². The fourth-order valence-electron chi connectivity index (χ4n) is 2.84. The van der Waals surface area contributed by atoms with E-state index < -0.39 is 0 Å². The molecule has 0 saturated carbocycles. The van der Waals surface area contributed by atoms with Crippen LogP contribution < -0.4 is 10.6 Å². The minimum atomic E-state index is -0.0657. The number of aliphatic imine (C=N–C) groups is 1. The van der Waals surface area contributed by atoms with Gasteiger partial charge >= 0.3 is 0 Å². The molecule has 6 heteroatoms. The van der Waals surface area contributed by atoms with Crippen molar-refractivity contribution >= 4 is 35.8 Å². The van der Waals surface area contributed by atoms with Crippen LogP contribution in [0.4, 0.5) is 0 Å². The Morgan fingerprint density at radius 2 is 2.12 bits per heavy atom. The molecule has 1 aliphatic heterocycles. The third-order valence-electron chi connectivity index (χ3n) is 4.14. The van der Waals surface area contributed by atoms with Gasteiger partial charge in [-0.2, -0.15) is 0 Å². The van der Waals surface area contributed by atoms with Crippen LogP contribution in [0.25, 0.3) is 0 Å². The summed E-state index contributed by atoms with van der Waals surface area (Å²) in [6.07, 6.45) is 1.18. The summed E-state index contributed by atoms with van der Waals surface area (Å²) in [7, 11) is 1.64. The maximum atomic E-state index is 11.7. The predicted molar refractivity (Wildman–Crippen MR) is 110 cm³/mol. The molecule has 134 valence electrons. The van der Waals surface area contributed by atoms with Gasteiger partial charge in [0.25, 0.3) is 5.91 Å². The van der Waals surface area contributed by atoms with Crippen LogP contribution in [0.3, 0.4) is 0 Å². The van der Waals surface area contributed by atoms with Gasteiger partial charge in [0, 0.05) is 32.2 Å². The molecule has 1 heterocycles. The number of amides is 1. The molecule has 2 rings (SSSR count). The van der Waals surface area contributed by atoms with Crippen LogP contribution in [0.5, 0.6) is 0 Å². The van der Waals surface area contributed by atoms with Crippen LogP contribution >= 0.6 is 24.0 Å². The molecule has 0 unspecified atom stereocenters. The van der Waals surface area contributed by atoms with Gasteiger partial charge in [0.1, 0.15) is 0 Å². The Morgan fingerprint density at radius 1 is 1.38 bits per heavy atom. The third-order valence-corrected chi connectivity index (χ3v) is 4.14. The highest BCUT2D eigenvalue weighted by atomic mass is 127. The SMILES string of the molecule is CCNC(=NCc1cccc(C(=O)NC)c1)N1CCC(C)(C)C1.I. The van der Waals surface area contributed by atoms with Crippen LogP contribution in [-0.2, 0) is 6.54 Å². The second kappa shape index (κ2) is 9.25.